The first-order chi connectivity index (χ1) is 7.17. The molecule has 0 saturated carbocycles. The van der Waals surface area contributed by atoms with Gasteiger partial charge in [0.15, 0.2) is 5.82 Å². The molecule has 1 unspecified atom stereocenters. The molecule has 0 bridgehead atoms. The van der Waals surface area contributed by atoms with Crippen LogP contribution in [0.15, 0.2) is 6.07 Å². The van der Waals surface area contributed by atoms with Crippen molar-refractivity contribution in [3.8, 4) is 0 Å². The Balaban J connectivity index is 2.84. The third-order valence-electron chi connectivity index (χ3n) is 2.32. The fourth-order valence-corrected chi connectivity index (χ4v) is 1.31. The molecule has 84 valence electrons. The maximum atomic E-state index is 5.72. The van der Waals surface area contributed by atoms with Crippen LogP contribution in [0, 0.1) is 0 Å². The van der Waals surface area contributed by atoms with Gasteiger partial charge >= 0.3 is 0 Å². The molecule has 0 amide bonds. The molecule has 0 fully saturated rings. The maximum Gasteiger partial charge on any atom is 0.159 e. The quantitative estimate of drug-likeness (QED) is 0.806. The Morgan fingerprint density at radius 3 is 2.80 bits per heavy atom. The summed E-state index contributed by atoms with van der Waals surface area (Å²) in [6.07, 6.45) is 3.12. The molecule has 1 aromatic heterocycles. The van der Waals surface area contributed by atoms with Gasteiger partial charge in [-0.2, -0.15) is 0 Å². The number of nitrogens with zero attached hydrogens (tertiary/aromatic N) is 2. The van der Waals surface area contributed by atoms with E-state index in [1.807, 2.05) is 13.0 Å². The van der Waals surface area contributed by atoms with Crippen LogP contribution < -0.4 is 5.73 Å². The summed E-state index contributed by atoms with van der Waals surface area (Å²) in [6.45, 7) is 4.07. The topological polar surface area (TPSA) is 61.0 Å². The molecule has 0 aliphatic rings. The Morgan fingerprint density at radius 1 is 1.47 bits per heavy atom. The Labute approximate surface area is 90.9 Å². The Hall–Kier alpha value is -1.16. The van der Waals surface area contributed by atoms with Crippen LogP contribution in [0.1, 0.15) is 44.3 Å². The molecule has 2 N–H and O–H groups in total. The largest absolute Gasteiger partial charge is 0.384 e. The van der Waals surface area contributed by atoms with Crippen LogP contribution in [0.25, 0.3) is 0 Å². The van der Waals surface area contributed by atoms with Crippen molar-refractivity contribution in [2.24, 2.45) is 0 Å². The van der Waals surface area contributed by atoms with Gasteiger partial charge in [0.2, 0.25) is 0 Å². The highest BCUT2D eigenvalue weighted by atomic mass is 16.5. The van der Waals surface area contributed by atoms with Gasteiger partial charge in [-0.1, -0.05) is 13.3 Å². The van der Waals surface area contributed by atoms with E-state index in [4.69, 9.17) is 10.5 Å². The standard InChI is InChI=1S/C11H19N3O/c1-4-5-6-9-7-10(12)14-11(13-9)8(2)15-3/h7-8H,4-6H2,1-3H3,(H2,12,13,14). The molecule has 1 heterocycles. The molecule has 0 spiro atoms. The van der Waals surface area contributed by atoms with Crippen molar-refractivity contribution in [2.45, 2.75) is 39.2 Å². The minimum absolute atomic E-state index is 0.103. The number of aryl methyl sites for hydroxylation is 1. The van der Waals surface area contributed by atoms with E-state index in [0.29, 0.717) is 11.6 Å². The van der Waals surface area contributed by atoms with E-state index in [9.17, 15) is 0 Å². The molecule has 1 atom stereocenters. The number of aromatic nitrogens is 2. The first kappa shape index (κ1) is 11.9. The van der Waals surface area contributed by atoms with Gasteiger partial charge in [-0.05, 0) is 19.8 Å². The molecule has 0 aliphatic carbocycles. The zero-order chi connectivity index (χ0) is 11.3. The molecular weight excluding hydrogens is 190 g/mol. The lowest BCUT2D eigenvalue weighted by atomic mass is 10.2. The van der Waals surface area contributed by atoms with Gasteiger partial charge in [0.05, 0.1) is 0 Å². The van der Waals surface area contributed by atoms with Crippen LogP contribution in [0.4, 0.5) is 5.82 Å². The number of anilines is 1. The Morgan fingerprint density at radius 2 is 2.20 bits per heavy atom. The van der Waals surface area contributed by atoms with Gasteiger partial charge in [-0.25, -0.2) is 9.97 Å². The molecule has 0 aromatic carbocycles. The minimum Gasteiger partial charge on any atom is -0.384 e. The van der Waals surface area contributed by atoms with Gasteiger partial charge in [-0.3, -0.25) is 0 Å². The van der Waals surface area contributed by atoms with E-state index in [1.165, 1.54) is 0 Å². The smallest absolute Gasteiger partial charge is 0.159 e. The van der Waals surface area contributed by atoms with E-state index in [0.717, 1.165) is 25.0 Å². The fourth-order valence-electron chi connectivity index (χ4n) is 1.31. The van der Waals surface area contributed by atoms with Crippen LogP contribution in [0.5, 0.6) is 0 Å². The van der Waals surface area contributed by atoms with Crippen molar-refractivity contribution in [3.63, 3.8) is 0 Å². The molecule has 15 heavy (non-hydrogen) atoms. The second kappa shape index (κ2) is 5.66. The number of hydrogen-bond donors (Lipinski definition) is 1. The first-order valence-electron chi connectivity index (χ1n) is 5.33. The molecule has 0 saturated heterocycles. The number of unbranched alkanes of at least 4 members (excludes halogenated alkanes) is 1. The number of nitrogen functional groups attached to an aromatic ring is 1. The highest BCUT2D eigenvalue weighted by Crippen LogP contribution is 2.14. The molecule has 4 heteroatoms. The summed E-state index contributed by atoms with van der Waals surface area (Å²) in [5, 5.41) is 0. The van der Waals surface area contributed by atoms with Crippen molar-refractivity contribution in [1.29, 1.82) is 0 Å². The predicted molar refractivity (Wildman–Crippen MR) is 60.5 cm³/mol. The monoisotopic (exact) mass is 209 g/mol. The van der Waals surface area contributed by atoms with E-state index in [1.54, 1.807) is 7.11 Å². The SMILES string of the molecule is CCCCc1cc(N)nc(C(C)OC)n1. The first-order valence-corrected chi connectivity index (χ1v) is 5.33. The number of nitrogens with two attached hydrogens (primary N) is 1. The average molecular weight is 209 g/mol. The van der Waals surface area contributed by atoms with Crippen molar-refractivity contribution < 1.29 is 4.74 Å². The van der Waals surface area contributed by atoms with Crippen molar-refractivity contribution >= 4 is 5.82 Å². The summed E-state index contributed by atoms with van der Waals surface area (Å²) < 4.78 is 5.17. The van der Waals surface area contributed by atoms with Crippen molar-refractivity contribution in [1.82, 2.24) is 9.97 Å². The normalized spacial score (nSPS) is 12.7. The predicted octanol–water partition coefficient (Wildman–Crippen LogP) is 2.11. The molecule has 1 aromatic rings. The highest BCUT2D eigenvalue weighted by molar-refractivity contribution is 5.30. The summed E-state index contributed by atoms with van der Waals surface area (Å²) >= 11 is 0. The Bertz CT molecular complexity index is 315. The van der Waals surface area contributed by atoms with Gasteiger partial charge in [0.25, 0.3) is 0 Å². The second-order valence-electron chi connectivity index (χ2n) is 3.62. The van der Waals surface area contributed by atoms with E-state index in [2.05, 4.69) is 16.9 Å². The lowest BCUT2D eigenvalue weighted by Gasteiger charge is -2.10. The van der Waals surface area contributed by atoms with E-state index < -0.39 is 0 Å². The third kappa shape index (κ3) is 3.47. The summed E-state index contributed by atoms with van der Waals surface area (Å²) in [6, 6.07) is 1.83. The zero-order valence-corrected chi connectivity index (χ0v) is 9.66. The zero-order valence-electron chi connectivity index (χ0n) is 9.66. The van der Waals surface area contributed by atoms with Crippen molar-refractivity contribution in [2.75, 3.05) is 12.8 Å². The lowest BCUT2D eigenvalue weighted by molar-refractivity contribution is 0.112. The summed E-state index contributed by atoms with van der Waals surface area (Å²) in [4.78, 5) is 8.58. The molecule has 4 nitrogen and oxygen atoms in total. The van der Waals surface area contributed by atoms with Gasteiger partial charge in [-0.15, -0.1) is 0 Å². The van der Waals surface area contributed by atoms with Crippen molar-refractivity contribution in [3.05, 3.63) is 17.6 Å². The second-order valence-corrected chi connectivity index (χ2v) is 3.62. The third-order valence-corrected chi connectivity index (χ3v) is 2.32. The van der Waals surface area contributed by atoms with Crippen LogP contribution in [0.3, 0.4) is 0 Å². The van der Waals surface area contributed by atoms with Gasteiger partial charge in [0.1, 0.15) is 11.9 Å². The van der Waals surface area contributed by atoms with E-state index >= 15 is 0 Å². The van der Waals surface area contributed by atoms with Gasteiger partial charge < -0.3 is 10.5 Å². The van der Waals surface area contributed by atoms with Crippen LogP contribution in [-0.4, -0.2) is 17.1 Å². The Kier molecular flexibility index (Phi) is 4.49. The highest BCUT2D eigenvalue weighted by Gasteiger charge is 2.09. The van der Waals surface area contributed by atoms with Crippen LogP contribution in [-0.2, 0) is 11.2 Å². The molecular formula is C11H19N3O. The van der Waals surface area contributed by atoms with Gasteiger partial charge in [0, 0.05) is 18.9 Å². The molecule has 1 rings (SSSR count). The fraction of sp³-hybridized carbons (Fsp3) is 0.636. The summed E-state index contributed by atoms with van der Waals surface area (Å²) in [7, 11) is 1.64. The molecule has 0 radical (unpaired) electrons. The lowest BCUT2D eigenvalue weighted by Crippen LogP contribution is -2.07. The number of methoxy groups -OCH3 is 1. The number of ether oxygens (including phenoxy) is 1. The van der Waals surface area contributed by atoms with E-state index in [-0.39, 0.29) is 6.10 Å². The maximum absolute atomic E-state index is 5.72. The summed E-state index contributed by atoms with van der Waals surface area (Å²) in [5.41, 5.74) is 6.72. The van der Waals surface area contributed by atoms with Crippen LogP contribution in [0.2, 0.25) is 0 Å². The van der Waals surface area contributed by atoms with Crippen LogP contribution >= 0.6 is 0 Å². The minimum atomic E-state index is -0.103. The molecule has 0 aliphatic heterocycles. The number of rotatable bonds is 5. The average Bonchev–Trinajstić information content (AvgIpc) is 2.24. The summed E-state index contributed by atoms with van der Waals surface area (Å²) in [5.74, 6) is 1.19. The number of hydrogen-bond acceptors (Lipinski definition) is 4.